The number of ether oxygens (including phenoxy) is 2. The van der Waals surface area contributed by atoms with E-state index in [1.807, 2.05) is 0 Å². The molecule has 0 radical (unpaired) electrons. The van der Waals surface area contributed by atoms with Gasteiger partial charge in [-0.05, 0) is 37.1 Å². The summed E-state index contributed by atoms with van der Waals surface area (Å²) in [6.07, 6.45) is 1.42. The van der Waals surface area contributed by atoms with Crippen LogP contribution in [-0.2, 0) is 21.6 Å². The van der Waals surface area contributed by atoms with Crippen molar-refractivity contribution in [2.45, 2.75) is 18.7 Å². The lowest BCUT2D eigenvalue weighted by molar-refractivity contribution is 0.102. The molecule has 25 heavy (non-hydrogen) atoms. The van der Waals surface area contributed by atoms with Gasteiger partial charge in [-0.3, -0.25) is 4.79 Å². The van der Waals surface area contributed by atoms with Crippen LogP contribution in [0.4, 0.5) is 4.79 Å². The van der Waals surface area contributed by atoms with Crippen LogP contribution in [0.1, 0.15) is 27.0 Å². The maximum Gasteiger partial charge on any atom is 0.514 e. The number of rotatable bonds is 4. The second-order valence-corrected chi connectivity index (χ2v) is 7.54. The quantitative estimate of drug-likeness (QED) is 0.600. The van der Waals surface area contributed by atoms with Gasteiger partial charge in [0.25, 0.3) is 0 Å². The standard InChI is InChI=1S/C16H18N2O6S/c1-9-6-11(7-10(2)14(9)25(5,21)22)13(19)12-8-17-18(3)15(12)24-16(20)23-4/h6-8H,1-5H3. The first-order valence-corrected chi connectivity index (χ1v) is 9.09. The summed E-state index contributed by atoms with van der Waals surface area (Å²) in [6.45, 7) is 3.24. The second-order valence-electron chi connectivity index (χ2n) is 5.58. The average molecular weight is 366 g/mol. The first-order chi connectivity index (χ1) is 11.6. The van der Waals surface area contributed by atoms with Gasteiger partial charge in [-0.15, -0.1) is 0 Å². The summed E-state index contributed by atoms with van der Waals surface area (Å²) in [6, 6.07) is 2.97. The molecule has 0 amide bonds. The Hall–Kier alpha value is -2.68. The van der Waals surface area contributed by atoms with E-state index in [9.17, 15) is 18.0 Å². The van der Waals surface area contributed by atoms with E-state index >= 15 is 0 Å². The third-order valence-electron chi connectivity index (χ3n) is 3.57. The van der Waals surface area contributed by atoms with Gasteiger partial charge >= 0.3 is 6.16 Å². The van der Waals surface area contributed by atoms with Crippen LogP contribution in [-0.4, -0.2) is 43.5 Å². The van der Waals surface area contributed by atoms with Crippen molar-refractivity contribution in [3.05, 3.63) is 40.6 Å². The van der Waals surface area contributed by atoms with Gasteiger partial charge in [0.05, 0.1) is 18.2 Å². The predicted octanol–water partition coefficient (Wildman–Crippen LogP) is 1.82. The number of hydrogen-bond acceptors (Lipinski definition) is 7. The molecule has 9 heteroatoms. The van der Waals surface area contributed by atoms with Crippen LogP contribution in [0.2, 0.25) is 0 Å². The Kier molecular flexibility index (Phi) is 4.98. The molecule has 0 aliphatic rings. The molecule has 134 valence electrons. The molecule has 0 bridgehead atoms. The summed E-state index contributed by atoms with van der Waals surface area (Å²) in [5.74, 6) is -0.502. The third kappa shape index (κ3) is 3.71. The highest BCUT2D eigenvalue weighted by molar-refractivity contribution is 7.90. The van der Waals surface area contributed by atoms with Gasteiger partial charge in [0.1, 0.15) is 5.56 Å². The highest BCUT2D eigenvalue weighted by Gasteiger charge is 2.24. The van der Waals surface area contributed by atoms with Crippen LogP contribution in [0.15, 0.2) is 23.2 Å². The number of methoxy groups -OCH3 is 1. The minimum Gasteiger partial charge on any atom is -0.437 e. The lowest BCUT2D eigenvalue weighted by Gasteiger charge is -2.11. The SMILES string of the molecule is COC(=O)Oc1c(C(=O)c2cc(C)c(S(C)(=O)=O)c(C)c2)cnn1C. The fraction of sp³-hybridized carbons (Fsp3) is 0.312. The van der Waals surface area contributed by atoms with Crippen molar-refractivity contribution in [2.24, 2.45) is 7.05 Å². The Morgan fingerprint density at radius 1 is 1.16 bits per heavy atom. The van der Waals surface area contributed by atoms with Gasteiger partial charge < -0.3 is 9.47 Å². The van der Waals surface area contributed by atoms with E-state index in [0.717, 1.165) is 13.4 Å². The molecule has 0 fully saturated rings. The highest BCUT2D eigenvalue weighted by atomic mass is 32.2. The molecule has 0 spiro atoms. The van der Waals surface area contributed by atoms with Crippen molar-refractivity contribution in [3.63, 3.8) is 0 Å². The van der Waals surface area contributed by atoms with Gasteiger partial charge in [0, 0.05) is 18.9 Å². The van der Waals surface area contributed by atoms with Crippen molar-refractivity contribution in [1.29, 1.82) is 0 Å². The third-order valence-corrected chi connectivity index (χ3v) is 4.95. The van der Waals surface area contributed by atoms with E-state index in [1.54, 1.807) is 13.8 Å². The van der Waals surface area contributed by atoms with Gasteiger partial charge in [-0.2, -0.15) is 5.10 Å². The Bertz CT molecular complexity index is 936. The summed E-state index contributed by atoms with van der Waals surface area (Å²) in [4.78, 5) is 24.3. The topological polar surface area (TPSA) is 105 Å². The number of hydrogen-bond donors (Lipinski definition) is 0. The molecule has 0 atom stereocenters. The number of sulfone groups is 1. The van der Waals surface area contributed by atoms with Crippen LogP contribution in [0.5, 0.6) is 5.88 Å². The lowest BCUT2D eigenvalue weighted by atomic mass is 10.0. The molecule has 0 saturated heterocycles. The molecule has 0 aliphatic carbocycles. The van der Waals surface area contributed by atoms with Gasteiger partial charge in [-0.1, -0.05) is 0 Å². The second kappa shape index (κ2) is 6.67. The minimum absolute atomic E-state index is 0.0562. The van der Waals surface area contributed by atoms with Gasteiger partial charge in [0.15, 0.2) is 15.6 Å². The maximum absolute atomic E-state index is 12.8. The summed E-state index contributed by atoms with van der Waals surface area (Å²) >= 11 is 0. The molecular weight excluding hydrogens is 348 g/mol. The lowest BCUT2D eigenvalue weighted by Crippen LogP contribution is -2.13. The van der Waals surface area contributed by atoms with Crippen molar-refractivity contribution in [2.75, 3.05) is 13.4 Å². The summed E-state index contributed by atoms with van der Waals surface area (Å²) in [5.41, 5.74) is 1.26. The first kappa shape index (κ1) is 18.7. The maximum atomic E-state index is 12.8. The first-order valence-electron chi connectivity index (χ1n) is 7.20. The summed E-state index contributed by atoms with van der Waals surface area (Å²) in [7, 11) is -0.746. The van der Waals surface area contributed by atoms with E-state index in [4.69, 9.17) is 4.74 Å². The van der Waals surface area contributed by atoms with Crippen LogP contribution in [0, 0.1) is 13.8 Å². The van der Waals surface area contributed by atoms with Crippen LogP contribution in [0.25, 0.3) is 0 Å². The monoisotopic (exact) mass is 366 g/mol. The highest BCUT2D eigenvalue weighted by Crippen LogP contribution is 2.26. The summed E-state index contributed by atoms with van der Waals surface area (Å²) in [5, 5.41) is 3.92. The van der Waals surface area contributed by atoms with Gasteiger partial charge in [0.2, 0.25) is 5.88 Å². The predicted molar refractivity (Wildman–Crippen MR) is 88.7 cm³/mol. The van der Waals surface area contributed by atoms with Crippen LogP contribution >= 0.6 is 0 Å². The van der Waals surface area contributed by atoms with Crippen molar-refractivity contribution in [1.82, 2.24) is 9.78 Å². The number of carbonyl (C=O) groups is 2. The van der Waals surface area contributed by atoms with Gasteiger partial charge in [-0.25, -0.2) is 17.9 Å². The number of aryl methyl sites for hydroxylation is 3. The normalized spacial score (nSPS) is 11.2. The molecule has 0 saturated carbocycles. The van der Waals surface area contributed by atoms with E-state index < -0.39 is 21.8 Å². The zero-order valence-electron chi connectivity index (χ0n) is 14.5. The van der Waals surface area contributed by atoms with Crippen LogP contribution in [0.3, 0.4) is 0 Å². The molecule has 8 nitrogen and oxygen atoms in total. The molecule has 2 rings (SSSR count). The number of carbonyl (C=O) groups excluding carboxylic acids is 2. The Labute approximate surface area is 145 Å². The van der Waals surface area contributed by atoms with Crippen molar-refractivity contribution >= 4 is 21.8 Å². The van der Waals surface area contributed by atoms with E-state index in [0.29, 0.717) is 11.1 Å². The van der Waals surface area contributed by atoms with Crippen LogP contribution < -0.4 is 4.74 Å². The van der Waals surface area contributed by atoms with E-state index in [-0.39, 0.29) is 21.9 Å². The van der Waals surface area contributed by atoms with Crippen molar-refractivity contribution < 1.29 is 27.5 Å². The smallest absolute Gasteiger partial charge is 0.437 e. The molecule has 1 aromatic heterocycles. The Balaban J connectivity index is 2.51. The molecule has 0 unspecified atom stereocenters. The average Bonchev–Trinajstić information content (AvgIpc) is 2.85. The minimum atomic E-state index is -3.41. The zero-order valence-corrected chi connectivity index (χ0v) is 15.3. The molecule has 2 aromatic rings. The Morgan fingerprint density at radius 2 is 1.72 bits per heavy atom. The molecule has 0 N–H and O–H groups in total. The molecule has 0 aliphatic heterocycles. The van der Waals surface area contributed by atoms with E-state index in [2.05, 4.69) is 9.84 Å². The fourth-order valence-electron chi connectivity index (χ4n) is 2.65. The zero-order chi connectivity index (χ0) is 18.9. The number of ketones is 1. The molecule has 1 heterocycles. The van der Waals surface area contributed by atoms with E-state index in [1.165, 1.54) is 30.1 Å². The Morgan fingerprint density at radius 3 is 2.20 bits per heavy atom. The molecular formula is C16H18N2O6S. The largest absolute Gasteiger partial charge is 0.514 e. The number of nitrogens with zero attached hydrogens (tertiary/aromatic N) is 2. The van der Waals surface area contributed by atoms with Crippen molar-refractivity contribution in [3.8, 4) is 5.88 Å². The number of benzene rings is 1. The fourth-order valence-corrected chi connectivity index (χ4v) is 3.93. The number of aromatic nitrogens is 2. The molecule has 1 aromatic carbocycles. The summed E-state index contributed by atoms with van der Waals surface area (Å²) < 4.78 is 34.4.